The Labute approximate surface area is 192 Å². The molecule has 0 atom stereocenters. The van der Waals surface area contributed by atoms with E-state index in [1.165, 1.54) is 0 Å². The van der Waals surface area contributed by atoms with Gasteiger partial charge in [-0.3, -0.25) is 0 Å². The van der Waals surface area contributed by atoms with E-state index in [0.717, 1.165) is 89.0 Å². The van der Waals surface area contributed by atoms with Crippen molar-refractivity contribution in [2.75, 3.05) is 14.2 Å². The maximum atomic E-state index is 10.2. The molecule has 0 aromatic carbocycles. The number of hydrogen-bond donors (Lipinski definition) is 4. The van der Waals surface area contributed by atoms with Crippen molar-refractivity contribution < 1.29 is 46.0 Å². The van der Waals surface area contributed by atoms with Crippen molar-refractivity contribution in [3.05, 3.63) is 0 Å². The van der Waals surface area contributed by atoms with E-state index < -0.39 is 16.6 Å². The molecule has 0 unspecified atom stereocenters. The second-order valence-corrected chi connectivity index (χ2v) is 14.8. The Hall–Kier alpha value is 1.16. The van der Waals surface area contributed by atoms with Gasteiger partial charge in [-0.2, -0.15) is 0 Å². The summed E-state index contributed by atoms with van der Waals surface area (Å²) in [6.07, 6.45) is 6.93. The van der Waals surface area contributed by atoms with Gasteiger partial charge in [0.25, 0.3) is 0 Å². The van der Waals surface area contributed by atoms with Gasteiger partial charge in [-0.05, 0) is 36.3 Å². The van der Waals surface area contributed by atoms with Gasteiger partial charge in [-0.15, -0.1) is 0 Å². The molecule has 0 heterocycles. The van der Waals surface area contributed by atoms with Gasteiger partial charge in [0.15, 0.2) is 16.6 Å². The summed E-state index contributed by atoms with van der Waals surface area (Å²) in [5.74, 6) is 0. The van der Waals surface area contributed by atoms with Crippen molar-refractivity contribution in [3.8, 4) is 0 Å². The average Bonchev–Trinajstić information content (AvgIpc) is 2.60. The van der Waals surface area contributed by atoms with Crippen LogP contribution >= 0.6 is 0 Å². The Bertz CT molecular complexity index is 190. The summed E-state index contributed by atoms with van der Waals surface area (Å²) in [6, 6.07) is 6.64. The first-order valence-electron chi connectivity index (χ1n) is 10.7. The predicted octanol–water partition coefficient (Wildman–Crippen LogP) is 5.52. The molecule has 0 radical (unpaired) electrons. The van der Waals surface area contributed by atoms with E-state index in [-0.39, 0.29) is 26.2 Å². The molecule has 0 aromatic rings. The maximum absolute atomic E-state index is 10.2. The molecule has 0 aliphatic heterocycles. The minimum atomic E-state index is -1.75. The summed E-state index contributed by atoms with van der Waals surface area (Å²) >= 11 is 0. The van der Waals surface area contributed by atoms with Crippen molar-refractivity contribution in [2.45, 2.75) is 116 Å². The van der Waals surface area contributed by atoms with Gasteiger partial charge >= 0.3 is 0 Å². The third-order valence-corrected chi connectivity index (χ3v) is 12.9. The molecule has 27 heavy (non-hydrogen) atoms. The zero-order valence-electron chi connectivity index (χ0n) is 19.8. The van der Waals surface area contributed by atoms with Gasteiger partial charge in [-0.25, -0.2) is 0 Å². The van der Waals surface area contributed by atoms with Crippen LogP contribution in [0, 0.1) is 0 Å². The maximum Gasteiger partial charge on any atom is 0.188 e. The fraction of sp³-hybridized carbons (Fsp3) is 1.00. The van der Waals surface area contributed by atoms with Crippen LogP contribution in [-0.2, 0) is 26.2 Å². The predicted molar refractivity (Wildman–Crippen MR) is 123 cm³/mol. The van der Waals surface area contributed by atoms with Crippen LogP contribution in [0.5, 0.6) is 0 Å². The van der Waals surface area contributed by atoms with Crippen LogP contribution in [0.15, 0.2) is 0 Å². The molecule has 4 N–H and O–H groups in total. The van der Waals surface area contributed by atoms with E-state index in [4.69, 9.17) is 10.2 Å². The monoisotopic (exact) mass is 502 g/mol. The van der Waals surface area contributed by atoms with Crippen LogP contribution in [-0.4, -0.2) is 50.7 Å². The van der Waals surface area contributed by atoms with Crippen molar-refractivity contribution in [1.29, 1.82) is 0 Å². The number of aliphatic hydroxyl groups is 2. The third-order valence-electron chi connectivity index (χ3n) is 4.29. The van der Waals surface area contributed by atoms with Crippen LogP contribution in [0.1, 0.15) is 80.1 Å². The van der Waals surface area contributed by atoms with Gasteiger partial charge in [0.05, 0.1) is 0 Å². The first-order chi connectivity index (χ1) is 12.4. The molecule has 0 spiro atoms. The first kappa shape index (κ1) is 38.7. The van der Waals surface area contributed by atoms with Crippen LogP contribution in [0.2, 0.25) is 36.3 Å². The van der Waals surface area contributed by atoms with Crippen molar-refractivity contribution in [3.63, 3.8) is 0 Å². The largest absolute Gasteiger partial charge is 0.432 e. The molecule has 0 amide bonds. The average molecular weight is 504 g/mol. The van der Waals surface area contributed by atoms with E-state index >= 15 is 0 Å². The van der Waals surface area contributed by atoms with Crippen LogP contribution < -0.4 is 0 Å². The summed E-state index contributed by atoms with van der Waals surface area (Å²) in [5.41, 5.74) is 0. The molecule has 0 bridgehead atoms. The third kappa shape index (κ3) is 27.2. The molecular formula is C20H52O4Si2Zr. The zero-order valence-corrected chi connectivity index (χ0v) is 24.2. The Balaban J connectivity index is -0.0000000975. The quantitative estimate of drug-likeness (QED) is 0.264. The topological polar surface area (TPSA) is 80.9 Å². The second-order valence-electron chi connectivity index (χ2n) is 6.95. The number of aliphatic hydroxyl groups excluding tert-OH is 2. The van der Waals surface area contributed by atoms with Crippen molar-refractivity contribution in [2.24, 2.45) is 0 Å². The molecule has 0 aliphatic carbocycles. The molecular weight excluding hydrogens is 452 g/mol. The number of rotatable bonds is 12. The van der Waals surface area contributed by atoms with E-state index in [1.807, 2.05) is 0 Å². The summed E-state index contributed by atoms with van der Waals surface area (Å²) in [4.78, 5) is 20.3. The van der Waals surface area contributed by atoms with Gasteiger partial charge in [0.1, 0.15) is 0 Å². The second kappa shape index (κ2) is 29.4. The standard InChI is InChI=1S/2C9H22OSi.2CH4O.Zr/c2*1-4-7-11(10,8-5-2)9-6-3;2*1-2;/h2*10H,4-9H2,1-3H3;2*2H,1H3;. The Morgan fingerprint density at radius 3 is 0.593 bits per heavy atom. The molecule has 0 aliphatic rings. The van der Waals surface area contributed by atoms with Crippen LogP contribution in [0.4, 0.5) is 0 Å². The van der Waals surface area contributed by atoms with Crippen molar-refractivity contribution >= 4 is 16.6 Å². The van der Waals surface area contributed by atoms with Gasteiger partial charge in [0, 0.05) is 40.4 Å². The van der Waals surface area contributed by atoms with Gasteiger partial charge in [0.2, 0.25) is 0 Å². The Morgan fingerprint density at radius 1 is 0.407 bits per heavy atom. The van der Waals surface area contributed by atoms with E-state index in [0.29, 0.717) is 0 Å². The van der Waals surface area contributed by atoms with E-state index in [1.54, 1.807) is 0 Å². The van der Waals surface area contributed by atoms with Gasteiger partial charge in [-0.1, -0.05) is 80.1 Å². The van der Waals surface area contributed by atoms with Gasteiger partial charge < -0.3 is 19.8 Å². The Kier molecular flexibility index (Phi) is 42.1. The molecule has 7 heteroatoms. The Morgan fingerprint density at radius 2 is 0.519 bits per heavy atom. The van der Waals surface area contributed by atoms with Crippen LogP contribution in [0.3, 0.4) is 0 Å². The van der Waals surface area contributed by atoms with Crippen molar-refractivity contribution in [1.82, 2.24) is 0 Å². The molecule has 4 nitrogen and oxygen atoms in total. The summed E-state index contributed by atoms with van der Waals surface area (Å²) in [7, 11) is -1.50. The zero-order chi connectivity index (χ0) is 21.5. The fourth-order valence-corrected chi connectivity index (χ4v) is 10.6. The SMILES string of the molecule is CCC[Si](O)(CCC)CCC.CCC[Si](O)(CCC)CCC.CO.CO.[Zr]. The first-order valence-corrected chi connectivity index (χ1v) is 15.8. The molecule has 0 fully saturated rings. The smallest absolute Gasteiger partial charge is 0.188 e. The minimum Gasteiger partial charge on any atom is -0.432 e. The molecule has 0 saturated heterocycles. The molecule has 0 saturated carbocycles. The summed E-state index contributed by atoms with van der Waals surface area (Å²) in [5, 5.41) is 14.0. The summed E-state index contributed by atoms with van der Waals surface area (Å²) < 4.78 is 0. The van der Waals surface area contributed by atoms with E-state index in [2.05, 4.69) is 41.5 Å². The fourth-order valence-electron chi connectivity index (χ4n) is 3.54. The minimum absolute atomic E-state index is 0. The molecule has 0 aromatic heterocycles. The molecule has 168 valence electrons. The normalized spacial score (nSPS) is 10.2. The molecule has 0 rings (SSSR count). The van der Waals surface area contributed by atoms with E-state index in [9.17, 15) is 9.59 Å². The number of hydrogen-bond acceptors (Lipinski definition) is 4. The van der Waals surface area contributed by atoms with Crippen LogP contribution in [0.25, 0.3) is 0 Å². The summed E-state index contributed by atoms with van der Waals surface area (Å²) in [6.45, 7) is 13.0.